The van der Waals surface area contributed by atoms with Crippen molar-refractivity contribution in [1.29, 1.82) is 0 Å². The van der Waals surface area contributed by atoms with Crippen LogP contribution in [0.25, 0.3) is 0 Å². The van der Waals surface area contributed by atoms with Crippen molar-refractivity contribution in [3.05, 3.63) is 54.1 Å². The molecule has 0 fully saturated rings. The standard InChI is InChI=1S/C20H25N3O5S/c1-23(2)29(26,27)18-8-5-4-7-17(18)22-19(24)9-6-14-21-20(25)15-10-12-16(28-3)13-11-15/h4-5,7-8,10-13H,6,9,14H2,1-3H3,(H,21,25)(H,22,24). The molecule has 2 aromatic rings. The first kappa shape index (κ1) is 22.4. The number of nitrogens with zero attached hydrogens (tertiary/aromatic N) is 1. The lowest BCUT2D eigenvalue weighted by Crippen LogP contribution is -2.26. The predicted molar refractivity (Wildman–Crippen MR) is 111 cm³/mol. The molecule has 0 saturated carbocycles. The van der Waals surface area contributed by atoms with Crippen LogP contribution >= 0.6 is 0 Å². The first-order valence-corrected chi connectivity index (χ1v) is 10.4. The van der Waals surface area contributed by atoms with Crippen molar-refractivity contribution in [1.82, 2.24) is 9.62 Å². The average molecular weight is 420 g/mol. The number of sulfonamides is 1. The molecule has 0 spiro atoms. The Labute approximate surface area is 170 Å². The smallest absolute Gasteiger partial charge is 0.251 e. The van der Waals surface area contributed by atoms with E-state index in [0.29, 0.717) is 24.3 Å². The second-order valence-electron chi connectivity index (χ2n) is 6.42. The molecule has 0 aliphatic carbocycles. The van der Waals surface area contributed by atoms with E-state index in [2.05, 4.69) is 10.6 Å². The van der Waals surface area contributed by atoms with Gasteiger partial charge in [0.1, 0.15) is 10.6 Å². The van der Waals surface area contributed by atoms with Crippen LogP contribution < -0.4 is 15.4 Å². The highest BCUT2D eigenvalue weighted by Gasteiger charge is 2.21. The third kappa shape index (κ3) is 6.03. The third-order valence-electron chi connectivity index (χ3n) is 4.14. The Morgan fingerprint density at radius 3 is 2.31 bits per heavy atom. The van der Waals surface area contributed by atoms with E-state index < -0.39 is 10.0 Å². The largest absolute Gasteiger partial charge is 0.497 e. The van der Waals surface area contributed by atoms with Crippen molar-refractivity contribution in [3.63, 3.8) is 0 Å². The number of hydrogen-bond donors (Lipinski definition) is 2. The lowest BCUT2D eigenvalue weighted by atomic mass is 10.2. The molecule has 0 radical (unpaired) electrons. The first-order valence-electron chi connectivity index (χ1n) is 8.99. The summed E-state index contributed by atoms with van der Waals surface area (Å²) < 4.78 is 30.9. The minimum Gasteiger partial charge on any atom is -0.497 e. The number of carbonyl (C=O) groups excluding carboxylic acids is 2. The van der Waals surface area contributed by atoms with Crippen LogP contribution in [-0.2, 0) is 14.8 Å². The van der Waals surface area contributed by atoms with Crippen molar-refractivity contribution in [2.75, 3.05) is 33.1 Å². The number of nitrogens with one attached hydrogen (secondary N) is 2. The zero-order valence-electron chi connectivity index (χ0n) is 16.6. The molecule has 0 aromatic heterocycles. The van der Waals surface area contributed by atoms with Crippen LogP contribution in [0.4, 0.5) is 5.69 Å². The quantitative estimate of drug-likeness (QED) is 0.606. The van der Waals surface area contributed by atoms with Crippen LogP contribution in [0.15, 0.2) is 53.4 Å². The molecule has 2 aromatic carbocycles. The van der Waals surface area contributed by atoms with Crippen LogP contribution in [0.5, 0.6) is 5.75 Å². The second kappa shape index (κ2) is 10.0. The molecule has 0 aliphatic heterocycles. The van der Waals surface area contributed by atoms with E-state index in [-0.39, 0.29) is 28.8 Å². The van der Waals surface area contributed by atoms with Crippen molar-refractivity contribution in [2.24, 2.45) is 0 Å². The number of methoxy groups -OCH3 is 1. The number of hydrogen-bond acceptors (Lipinski definition) is 5. The highest BCUT2D eigenvalue weighted by molar-refractivity contribution is 7.89. The molecule has 0 bridgehead atoms. The highest BCUT2D eigenvalue weighted by atomic mass is 32.2. The SMILES string of the molecule is COc1ccc(C(=O)NCCCC(=O)Nc2ccccc2S(=O)(=O)N(C)C)cc1. The topological polar surface area (TPSA) is 105 Å². The number of benzene rings is 2. The predicted octanol–water partition coefficient (Wildman–Crippen LogP) is 2.09. The third-order valence-corrected chi connectivity index (χ3v) is 6.01. The number of para-hydroxylation sites is 1. The molecule has 2 amide bonds. The summed E-state index contributed by atoms with van der Waals surface area (Å²) in [5.41, 5.74) is 0.728. The van der Waals surface area contributed by atoms with Crippen LogP contribution in [0, 0.1) is 0 Å². The van der Waals surface area contributed by atoms with Crippen LogP contribution in [0.3, 0.4) is 0 Å². The number of ether oxygens (including phenoxy) is 1. The van der Waals surface area contributed by atoms with E-state index in [9.17, 15) is 18.0 Å². The number of amides is 2. The van der Waals surface area contributed by atoms with Gasteiger partial charge in [-0.1, -0.05) is 12.1 Å². The molecule has 29 heavy (non-hydrogen) atoms. The summed E-state index contributed by atoms with van der Waals surface area (Å²) in [6, 6.07) is 12.9. The van der Waals surface area contributed by atoms with Crippen molar-refractivity contribution < 1.29 is 22.7 Å². The van der Waals surface area contributed by atoms with Crippen LogP contribution in [-0.4, -0.2) is 52.3 Å². The summed E-state index contributed by atoms with van der Waals surface area (Å²) in [4.78, 5) is 24.3. The fourth-order valence-corrected chi connectivity index (χ4v) is 3.54. The Hall–Kier alpha value is -2.91. The van der Waals surface area contributed by atoms with Gasteiger partial charge < -0.3 is 15.4 Å². The summed E-state index contributed by atoms with van der Waals surface area (Å²) in [5, 5.41) is 5.38. The molecule has 0 aliphatic rings. The van der Waals surface area contributed by atoms with Gasteiger partial charge in [0.15, 0.2) is 0 Å². The van der Waals surface area contributed by atoms with E-state index in [1.165, 1.54) is 20.2 Å². The molecule has 0 heterocycles. The summed E-state index contributed by atoms with van der Waals surface area (Å²) in [6.45, 7) is 0.315. The van der Waals surface area contributed by atoms with Crippen molar-refractivity contribution in [3.8, 4) is 5.75 Å². The van der Waals surface area contributed by atoms with E-state index in [1.807, 2.05) is 0 Å². The average Bonchev–Trinajstić information content (AvgIpc) is 2.71. The molecule has 9 heteroatoms. The van der Waals surface area contributed by atoms with Gasteiger partial charge in [0.05, 0.1) is 12.8 Å². The Morgan fingerprint density at radius 1 is 1.03 bits per heavy atom. The minimum atomic E-state index is -3.67. The minimum absolute atomic E-state index is 0.0335. The van der Waals surface area contributed by atoms with Gasteiger partial charge in [-0.05, 0) is 42.8 Å². The second-order valence-corrected chi connectivity index (χ2v) is 8.54. The number of rotatable bonds is 9. The van der Waals surface area contributed by atoms with Gasteiger partial charge in [-0.3, -0.25) is 9.59 Å². The molecular formula is C20H25N3O5S. The van der Waals surface area contributed by atoms with Crippen molar-refractivity contribution >= 4 is 27.5 Å². The molecule has 0 atom stereocenters. The number of anilines is 1. The summed E-state index contributed by atoms with van der Waals surface area (Å²) in [5.74, 6) is 0.0929. The van der Waals surface area contributed by atoms with Crippen molar-refractivity contribution in [2.45, 2.75) is 17.7 Å². The van der Waals surface area contributed by atoms with Crippen LogP contribution in [0.2, 0.25) is 0 Å². The van der Waals surface area contributed by atoms with Gasteiger partial charge in [-0.15, -0.1) is 0 Å². The van der Waals surface area contributed by atoms with Gasteiger partial charge in [-0.25, -0.2) is 12.7 Å². The lowest BCUT2D eigenvalue weighted by Gasteiger charge is -2.15. The Bertz CT molecular complexity index is 956. The fourth-order valence-electron chi connectivity index (χ4n) is 2.50. The maximum absolute atomic E-state index is 12.4. The lowest BCUT2D eigenvalue weighted by molar-refractivity contribution is -0.116. The molecule has 2 rings (SSSR count). The van der Waals surface area contributed by atoms with Crippen LogP contribution in [0.1, 0.15) is 23.2 Å². The Balaban J connectivity index is 1.86. The zero-order chi connectivity index (χ0) is 21.4. The van der Waals surface area contributed by atoms with Gasteiger partial charge in [0.25, 0.3) is 5.91 Å². The summed E-state index contributed by atoms with van der Waals surface area (Å²) in [6.07, 6.45) is 0.551. The van der Waals surface area contributed by atoms with E-state index in [0.717, 1.165) is 4.31 Å². The molecule has 8 nitrogen and oxygen atoms in total. The molecule has 0 saturated heterocycles. The normalized spacial score (nSPS) is 11.2. The van der Waals surface area contributed by atoms with Gasteiger partial charge in [0, 0.05) is 32.6 Å². The monoisotopic (exact) mass is 419 g/mol. The molecular weight excluding hydrogens is 394 g/mol. The zero-order valence-corrected chi connectivity index (χ0v) is 17.5. The first-order chi connectivity index (χ1) is 13.8. The fraction of sp³-hybridized carbons (Fsp3) is 0.300. The number of carbonyl (C=O) groups is 2. The van der Waals surface area contributed by atoms with E-state index >= 15 is 0 Å². The molecule has 156 valence electrons. The Kier molecular flexibility index (Phi) is 7.74. The maximum atomic E-state index is 12.4. The van der Waals surface area contributed by atoms with Gasteiger partial charge in [0.2, 0.25) is 15.9 Å². The summed E-state index contributed by atoms with van der Waals surface area (Å²) in [7, 11) is 0.737. The Morgan fingerprint density at radius 2 is 1.69 bits per heavy atom. The van der Waals surface area contributed by atoms with Gasteiger partial charge in [-0.2, -0.15) is 0 Å². The van der Waals surface area contributed by atoms with E-state index in [4.69, 9.17) is 4.74 Å². The molecule has 0 unspecified atom stereocenters. The summed E-state index contributed by atoms with van der Waals surface area (Å²) >= 11 is 0. The van der Waals surface area contributed by atoms with E-state index in [1.54, 1.807) is 49.6 Å². The van der Waals surface area contributed by atoms with Gasteiger partial charge >= 0.3 is 0 Å². The maximum Gasteiger partial charge on any atom is 0.251 e. The highest BCUT2D eigenvalue weighted by Crippen LogP contribution is 2.23. The molecule has 2 N–H and O–H groups in total.